The minimum absolute atomic E-state index is 0.360. The van der Waals surface area contributed by atoms with Crippen molar-refractivity contribution in [2.24, 2.45) is 5.41 Å². The number of hydrogen-bond acceptors (Lipinski definition) is 1. The van der Waals surface area contributed by atoms with E-state index in [4.69, 9.17) is 11.6 Å². The molecule has 1 aliphatic rings. The quantitative estimate of drug-likeness (QED) is 0.759. The fourth-order valence-electron chi connectivity index (χ4n) is 1.44. The van der Waals surface area contributed by atoms with Gasteiger partial charge in [-0.2, -0.15) is 0 Å². The van der Waals surface area contributed by atoms with Gasteiger partial charge in [-0.1, -0.05) is 0 Å². The summed E-state index contributed by atoms with van der Waals surface area (Å²) in [7, 11) is 0. The van der Waals surface area contributed by atoms with Gasteiger partial charge in [-0.25, -0.2) is 0 Å². The van der Waals surface area contributed by atoms with Crippen LogP contribution in [0.3, 0.4) is 0 Å². The summed E-state index contributed by atoms with van der Waals surface area (Å²) in [5, 5.41) is 0. The molecule has 0 aliphatic heterocycles. The molecule has 70 valence electrons. The third kappa shape index (κ3) is 2.05. The average Bonchev–Trinajstić information content (AvgIpc) is 2.90. The van der Waals surface area contributed by atoms with E-state index in [1.54, 1.807) is 0 Å². The lowest BCUT2D eigenvalue weighted by molar-refractivity contribution is 0.567. The highest BCUT2D eigenvalue weighted by molar-refractivity contribution is 9.10. The fourth-order valence-corrected chi connectivity index (χ4v) is 2.20. The molecule has 0 spiro atoms. The molecule has 0 unspecified atom stereocenters. The Morgan fingerprint density at radius 3 is 2.85 bits per heavy atom. The molecule has 1 aromatic heterocycles. The first-order valence-electron chi connectivity index (χ1n) is 4.41. The Kier molecular flexibility index (Phi) is 2.61. The normalized spacial score (nSPS) is 18.6. The number of pyridine rings is 1. The molecule has 0 N–H and O–H groups in total. The Bertz CT molecular complexity index is 310. The number of aromatic nitrogens is 1. The zero-order valence-corrected chi connectivity index (χ0v) is 9.61. The maximum absolute atomic E-state index is 5.91. The molecule has 3 heteroatoms. The highest BCUT2D eigenvalue weighted by Gasteiger charge is 2.42. The van der Waals surface area contributed by atoms with Crippen LogP contribution in [0, 0.1) is 5.41 Å². The van der Waals surface area contributed by atoms with E-state index >= 15 is 0 Å². The second-order valence-electron chi connectivity index (χ2n) is 3.74. The molecule has 1 aliphatic carbocycles. The van der Waals surface area contributed by atoms with Crippen LogP contribution in [0.5, 0.6) is 0 Å². The maximum Gasteiger partial charge on any atom is 0.0551 e. The van der Waals surface area contributed by atoms with E-state index in [0.29, 0.717) is 5.41 Å². The van der Waals surface area contributed by atoms with Crippen LogP contribution < -0.4 is 0 Å². The van der Waals surface area contributed by atoms with Crippen molar-refractivity contribution < 1.29 is 0 Å². The predicted molar refractivity (Wildman–Crippen MR) is 58.0 cm³/mol. The second-order valence-corrected chi connectivity index (χ2v) is 4.86. The zero-order valence-electron chi connectivity index (χ0n) is 7.26. The van der Waals surface area contributed by atoms with E-state index < -0.39 is 0 Å². The molecular formula is C10H11BrClN. The topological polar surface area (TPSA) is 12.9 Å². The monoisotopic (exact) mass is 259 g/mol. The van der Waals surface area contributed by atoms with Gasteiger partial charge in [0.25, 0.3) is 0 Å². The van der Waals surface area contributed by atoms with Gasteiger partial charge in [-0.05, 0) is 52.7 Å². The van der Waals surface area contributed by atoms with Crippen molar-refractivity contribution in [3.63, 3.8) is 0 Å². The van der Waals surface area contributed by atoms with Crippen LogP contribution in [-0.2, 0) is 6.42 Å². The van der Waals surface area contributed by atoms with E-state index in [2.05, 4.69) is 20.9 Å². The van der Waals surface area contributed by atoms with Crippen molar-refractivity contribution in [1.29, 1.82) is 0 Å². The lowest BCUT2D eigenvalue weighted by Crippen LogP contribution is -2.08. The highest BCUT2D eigenvalue weighted by Crippen LogP contribution is 2.49. The van der Waals surface area contributed by atoms with Gasteiger partial charge in [0.15, 0.2) is 0 Å². The Labute approximate surface area is 91.6 Å². The first kappa shape index (κ1) is 9.47. The largest absolute Gasteiger partial charge is 0.260 e. The molecule has 0 radical (unpaired) electrons. The minimum atomic E-state index is 0.360. The van der Waals surface area contributed by atoms with Crippen LogP contribution in [0.4, 0.5) is 0 Å². The Balaban J connectivity index is 2.14. The summed E-state index contributed by atoms with van der Waals surface area (Å²) >= 11 is 9.42. The lowest BCUT2D eigenvalue weighted by Gasteiger charge is -2.10. The highest BCUT2D eigenvalue weighted by atomic mass is 79.9. The summed E-state index contributed by atoms with van der Waals surface area (Å²) in [6, 6.07) is 3.97. The SMILES string of the molecule is ClCC1(Cc2ncccc2Br)CC1. The molecule has 1 saturated carbocycles. The van der Waals surface area contributed by atoms with Crippen molar-refractivity contribution in [2.75, 3.05) is 5.88 Å². The molecule has 1 heterocycles. The Hall–Kier alpha value is -0.0800. The summed E-state index contributed by atoms with van der Waals surface area (Å²) in [6.45, 7) is 0. The third-order valence-electron chi connectivity index (χ3n) is 2.62. The Morgan fingerprint density at radius 1 is 1.54 bits per heavy atom. The van der Waals surface area contributed by atoms with Crippen molar-refractivity contribution in [3.05, 3.63) is 28.5 Å². The third-order valence-corrected chi connectivity index (χ3v) is 3.91. The van der Waals surface area contributed by atoms with Gasteiger partial charge in [0.05, 0.1) is 5.69 Å². The van der Waals surface area contributed by atoms with Gasteiger partial charge in [-0.3, -0.25) is 4.98 Å². The first-order valence-corrected chi connectivity index (χ1v) is 5.74. The molecule has 0 saturated heterocycles. The summed E-state index contributed by atoms with van der Waals surface area (Å²) in [5.41, 5.74) is 1.50. The molecule has 0 amide bonds. The minimum Gasteiger partial charge on any atom is -0.260 e. The van der Waals surface area contributed by atoms with E-state index in [1.165, 1.54) is 12.8 Å². The lowest BCUT2D eigenvalue weighted by atomic mass is 10.0. The van der Waals surface area contributed by atoms with Gasteiger partial charge < -0.3 is 0 Å². The fraction of sp³-hybridized carbons (Fsp3) is 0.500. The summed E-state index contributed by atoms with van der Waals surface area (Å²) < 4.78 is 1.10. The molecule has 0 atom stereocenters. The van der Waals surface area contributed by atoms with E-state index in [1.807, 2.05) is 18.3 Å². The smallest absolute Gasteiger partial charge is 0.0551 e. The van der Waals surface area contributed by atoms with Gasteiger partial charge in [0.1, 0.15) is 0 Å². The van der Waals surface area contributed by atoms with Gasteiger partial charge in [0.2, 0.25) is 0 Å². The van der Waals surface area contributed by atoms with E-state index in [-0.39, 0.29) is 0 Å². The van der Waals surface area contributed by atoms with Crippen molar-refractivity contribution >= 4 is 27.5 Å². The molecule has 1 aromatic rings. The van der Waals surface area contributed by atoms with Crippen LogP contribution >= 0.6 is 27.5 Å². The zero-order chi connectivity index (χ0) is 9.31. The summed E-state index contributed by atoms with van der Waals surface area (Å²) in [5.74, 6) is 0.760. The van der Waals surface area contributed by atoms with Gasteiger partial charge in [0, 0.05) is 16.5 Å². The second kappa shape index (κ2) is 3.58. The summed E-state index contributed by atoms with van der Waals surface area (Å²) in [6.07, 6.45) is 5.35. The molecule has 0 aromatic carbocycles. The van der Waals surface area contributed by atoms with E-state index in [0.717, 1.165) is 22.5 Å². The number of nitrogens with zero attached hydrogens (tertiary/aromatic N) is 1. The van der Waals surface area contributed by atoms with Crippen LogP contribution in [0.15, 0.2) is 22.8 Å². The van der Waals surface area contributed by atoms with Gasteiger partial charge in [-0.15, -0.1) is 11.6 Å². The van der Waals surface area contributed by atoms with Crippen LogP contribution in [0.2, 0.25) is 0 Å². The Morgan fingerprint density at radius 2 is 2.31 bits per heavy atom. The molecule has 0 bridgehead atoms. The van der Waals surface area contributed by atoms with Crippen molar-refractivity contribution in [2.45, 2.75) is 19.3 Å². The van der Waals surface area contributed by atoms with E-state index in [9.17, 15) is 0 Å². The van der Waals surface area contributed by atoms with Crippen molar-refractivity contribution in [1.82, 2.24) is 4.98 Å². The predicted octanol–water partition coefficient (Wildman–Crippen LogP) is 3.41. The number of rotatable bonds is 3. The number of alkyl halides is 1. The van der Waals surface area contributed by atoms with Crippen molar-refractivity contribution in [3.8, 4) is 0 Å². The first-order chi connectivity index (χ1) is 6.26. The molecule has 13 heavy (non-hydrogen) atoms. The number of halogens is 2. The maximum atomic E-state index is 5.91. The van der Waals surface area contributed by atoms with Crippen LogP contribution in [-0.4, -0.2) is 10.9 Å². The number of hydrogen-bond donors (Lipinski definition) is 0. The average molecular weight is 261 g/mol. The molecule has 2 rings (SSSR count). The van der Waals surface area contributed by atoms with Gasteiger partial charge >= 0.3 is 0 Å². The van der Waals surface area contributed by atoms with Crippen LogP contribution in [0.1, 0.15) is 18.5 Å². The van der Waals surface area contributed by atoms with Crippen LogP contribution in [0.25, 0.3) is 0 Å². The molecule has 1 fully saturated rings. The standard InChI is InChI=1S/C10H11BrClN/c11-8-2-1-5-13-9(8)6-10(7-12)3-4-10/h1-2,5H,3-4,6-7H2. The summed E-state index contributed by atoms with van der Waals surface area (Å²) in [4.78, 5) is 4.35. The molecular weight excluding hydrogens is 249 g/mol. The molecule has 1 nitrogen and oxygen atoms in total.